The van der Waals surface area contributed by atoms with Crippen LogP contribution in [-0.2, 0) is 13.2 Å². The van der Waals surface area contributed by atoms with Crippen molar-refractivity contribution < 1.29 is 14.6 Å². The quantitative estimate of drug-likeness (QED) is 0.422. The van der Waals surface area contributed by atoms with Crippen LogP contribution < -0.4 is 14.8 Å². The summed E-state index contributed by atoms with van der Waals surface area (Å²) in [4.78, 5) is 0. The van der Waals surface area contributed by atoms with Gasteiger partial charge in [0.25, 0.3) is 0 Å². The number of halogens is 2. The van der Waals surface area contributed by atoms with Crippen molar-refractivity contribution >= 4 is 28.9 Å². The Labute approximate surface area is 174 Å². The largest absolute Gasteiger partial charge is 0.508 e. The van der Waals surface area contributed by atoms with Crippen molar-refractivity contribution in [2.24, 2.45) is 0 Å². The molecule has 0 bridgehead atoms. The molecular formula is C22H21Cl2NO3. The van der Waals surface area contributed by atoms with E-state index in [2.05, 4.69) is 5.32 Å². The van der Waals surface area contributed by atoms with Crippen molar-refractivity contribution in [2.75, 3.05) is 11.9 Å². The van der Waals surface area contributed by atoms with Gasteiger partial charge in [-0.2, -0.15) is 0 Å². The molecule has 146 valence electrons. The highest BCUT2D eigenvalue weighted by molar-refractivity contribution is 6.32. The van der Waals surface area contributed by atoms with E-state index in [-0.39, 0.29) is 5.75 Å². The summed E-state index contributed by atoms with van der Waals surface area (Å²) in [5.74, 6) is 1.35. The smallest absolute Gasteiger partial charge is 0.180 e. The van der Waals surface area contributed by atoms with Crippen LogP contribution in [-0.4, -0.2) is 11.7 Å². The Hall–Kier alpha value is -2.56. The summed E-state index contributed by atoms with van der Waals surface area (Å²) in [6.45, 7) is 3.34. The number of anilines is 1. The number of nitrogens with one attached hydrogen (secondary N) is 1. The molecule has 0 heterocycles. The minimum absolute atomic E-state index is 0.231. The summed E-state index contributed by atoms with van der Waals surface area (Å²) in [5.41, 5.74) is 2.84. The van der Waals surface area contributed by atoms with E-state index in [1.807, 2.05) is 55.5 Å². The van der Waals surface area contributed by atoms with Crippen LogP contribution in [0.4, 0.5) is 5.69 Å². The average molecular weight is 418 g/mol. The Morgan fingerprint density at radius 1 is 0.893 bits per heavy atom. The number of phenolic OH excluding ortho intramolecular Hbond substituents is 1. The van der Waals surface area contributed by atoms with Gasteiger partial charge in [0.2, 0.25) is 0 Å². The van der Waals surface area contributed by atoms with Gasteiger partial charge < -0.3 is 19.9 Å². The molecule has 4 nitrogen and oxygen atoms in total. The molecule has 2 N–H and O–H groups in total. The zero-order valence-electron chi connectivity index (χ0n) is 15.4. The predicted octanol–water partition coefficient (Wildman–Crippen LogP) is 6.29. The number of ether oxygens (including phenoxy) is 2. The van der Waals surface area contributed by atoms with E-state index < -0.39 is 0 Å². The van der Waals surface area contributed by atoms with Gasteiger partial charge in [-0.25, -0.2) is 0 Å². The molecule has 3 aromatic rings. The number of benzene rings is 3. The maximum atomic E-state index is 9.37. The monoisotopic (exact) mass is 417 g/mol. The highest BCUT2D eigenvalue weighted by atomic mass is 35.5. The summed E-state index contributed by atoms with van der Waals surface area (Å²) >= 11 is 12.4. The van der Waals surface area contributed by atoms with Crippen molar-refractivity contribution in [3.8, 4) is 17.2 Å². The fraction of sp³-hybridized carbons (Fsp3) is 0.182. The van der Waals surface area contributed by atoms with Crippen molar-refractivity contribution in [3.05, 3.63) is 81.8 Å². The fourth-order valence-corrected chi connectivity index (χ4v) is 3.06. The molecule has 28 heavy (non-hydrogen) atoms. The van der Waals surface area contributed by atoms with E-state index in [1.165, 1.54) is 0 Å². The first-order valence-corrected chi connectivity index (χ1v) is 9.66. The SMILES string of the molecule is CCOc1cc(CNc2ccc(O)cc2)cc(Cl)c1OCc1ccc(Cl)cc1. The average Bonchev–Trinajstić information content (AvgIpc) is 2.68. The molecule has 0 radical (unpaired) electrons. The van der Waals surface area contributed by atoms with Gasteiger partial charge in [0.05, 0.1) is 11.6 Å². The molecule has 0 aliphatic heterocycles. The number of hydrogen-bond acceptors (Lipinski definition) is 4. The van der Waals surface area contributed by atoms with E-state index >= 15 is 0 Å². The van der Waals surface area contributed by atoms with Gasteiger partial charge >= 0.3 is 0 Å². The molecule has 0 aliphatic carbocycles. The Balaban J connectivity index is 1.73. The Morgan fingerprint density at radius 2 is 1.61 bits per heavy atom. The van der Waals surface area contributed by atoms with Gasteiger partial charge in [0.15, 0.2) is 11.5 Å². The van der Waals surface area contributed by atoms with E-state index in [9.17, 15) is 5.11 Å². The molecule has 0 atom stereocenters. The molecular weight excluding hydrogens is 397 g/mol. The Bertz CT molecular complexity index is 912. The molecule has 0 fully saturated rings. The van der Waals surface area contributed by atoms with Gasteiger partial charge in [-0.15, -0.1) is 0 Å². The van der Waals surface area contributed by atoms with E-state index in [1.54, 1.807) is 12.1 Å². The first-order valence-electron chi connectivity index (χ1n) is 8.90. The lowest BCUT2D eigenvalue weighted by atomic mass is 10.2. The third-order valence-electron chi connectivity index (χ3n) is 4.03. The van der Waals surface area contributed by atoms with Gasteiger partial charge in [-0.1, -0.05) is 35.3 Å². The molecule has 0 aromatic heterocycles. The first-order chi connectivity index (χ1) is 13.5. The van der Waals surface area contributed by atoms with Crippen LogP contribution >= 0.6 is 23.2 Å². The summed E-state index contributed by atoms with van der Waals surface area (Å²) in [5, 5.41) is 13.8. The van der Waals surface area contributed by atoms with Gasteiger partial charge in [0.1, 0.15) is 12.4 Å². The molecule has 0 saturated heterocycles. The highest BCUT2D eigenvalue weighted by Crippen LogP contribution is 2.37. The molecule has 0 spiro atoms. The summed E-state index contributed by atoms with van der Waals surface area (Å²) in [6, 6.07) is 18.1. The molecule has 0 unspecified atom stereocenters. The number of phenols is 1. The molecule has 0 amide bonds. The normalized spacial score (nSPS) is 10.5. The third kappa shape index (κ3) is 5.47. The third-order valence-corrected chi connectivity index (χ3v) is 4.56. The standard InChI is InChI=1S/C22H21Cl2NO3/c1-2-27-21-12-16(13-25-18-7-9-19(26)10-8-18)11-20(24)22(21)28-14-15-3-5-17(23)6-4-15/h3-12,25-26H,2,13-14H2,1H3. The van der Waals surface area contributed by atoms with Crippen molar-refractivity contribution in [1.82, 2.24) is 0 Å². The zero-order chi connectivity index (χ0) is 19.9. The molecule has 3 rings (SSSR count). The minimum atomic E-state index is 0.231. The summed E-state index contributed by atoms with van der Waals surface area (Å²) < 4.78 is 11.7. The first kappa shape index (κ1) is 20.2. The summed E-state index contributed by atoms with van der Waals surface area (Å²) in [6.07, 6.45) is 0. The number of aromatic hydroxyl groups is 1. The van der Waals surface area contributed by atoms with Crippen LogP contribution in [0.5, 0.6) is 17.2 Å². The molecule has 0 aliphatic rings. The molecule has 0 saturated carbocycles. The zero-order valence-corrected chi connectivity index (χ0v) is 16.9. The maximum Gasteiger partial charge on any atom is 0.180 e. The predicted molar refractivity (Wildman–Crippen MR) is 114 cm³/mol. The maximum absolute atomic E-state index is 9.37. The second-order valence-corrected chi connectivity index (χ2v) is 7.00. The van der Waals surface area contributed by atoms with Crippen molar-refractivity contribution in [3.63, 3.8) is 0 Å². The second kappa shape index (κ2) is 9.58. The highest BCUT2D eigenvalue weighted by Gasteiger charge is 2.13. The van der Waals surface area contributed by atoms with Crippen molar-refractivity contribution in [1.29, 1.82) is 0 Å². The number of hydrogen-bond donors (Lipinski definition) is 2. The van der Waals surface area contributed by atoms with Gasteiger partial charge in [-0.3, -0.25) is 0 Å². The van der Waals surface area contributed by atoms with Gasteiger partial charge in [-0.05, 0) is 66.6 Å². The van der Waals surface area contributed by atoms with E-state index in [0.717, 1.165) is 16.8 Å². The van der Waals surface area contributed by atoms with Crippen molar-refractivity contribution in [2.45, 2.75) is 20.1 Å². The second-order valence-electron chi connectivity index (χ2n) is 6.15. The van der Waals surface area contributed by atoms with Crippen LogP contribution in [0.3, 0.4) is 0 Å². The summed E-state index contributed by atoms with van der Waals surface area (Å²) in [7, 11) is 0. The van der Waals surface area contributed by atoms with Crippen LogP contribution in [0, 0.1) is 0 Å². The fourth-order valence-electron chi connectivity index (χ4n) is 2.65. The van der Waals surface area contributed by atoms with Crippen LogP contribution in [0.25, 0.3) is 0 Å². The minimum Gasteiger partial charge on any atom is -0.508 e. The molecule has 6 heteroatoms. The Kier molecular flexibility index (Phi) is 6.90. The van der Waals surface area contributed by atoms with Crippen LogP contribution in [0.1, 0.15) is 18.1 Å². The lowest BCUT2D eigenvalue weighted by molar-refractivity contribution is 0.269. The number of rotatable bonds is 8. The van der Waals surface area contributed by atoms with E-state index in [4.69, 9.17) is 32.7 Å². The van der Waals surface area contributed by atoms with E-state index in [0.29, 0.717) is 41.3 Å². The Morgan fingerprint density at radius 3 is 2.29 bits per heavy atom. The topological polar surface area (TPSA) is 50.7 Å². The van der Waals surface area contributed by atoms with Crippen LogP contribution in [0.15, 0.2) is 60.7 Å². The molecule has 3 aromatic carbocycles. The lowest BCUT2D eigenvalue weighted by Crippen LogP contribution is -2.04. The van der Waals surface area contributed by atoms with Crippen LogP contribution in [0.2, 0.25) is 10.0 Å². The lowest BCUT2D eigenvalue weighted by Gasteiger charge is -2.16. The van der Waals surface area contributed by atoms with Gasteiger partial charge in [0, 0.05) is 17.3 Å².